The van der Waals surface area contributed by atoms with Gasteiger partial charge >= 0.3 is 0 Å². The highest BCUT2D eigenvalue weighted by Crippen LogP contribution is 2.29. The fourth-order valence-electron chi connectivity index (χ4n) is 3.06. The van der Waals surface area contributed by atoms with Gasteiger partial charge in [0.15, 0.2) is 0 Å². The summed E-state index contributed by atoms with van der Waals surface area (Å²) >= 11 is 0. The third-order valence-corrected chi connectivity index (χ3v) is 6.35. The van der Waals surface area contributed by atoms with Crippen LogP contribution >= 0.6 is 0 Å². The van der Waals surface area contributed by atoms with Crippen LogP contribution < -0.4 is 5.32 Å². The minimum absolute atomic E-state index is 0.345. The molecule has 5 nitrogen and oxygen atoms in total. The second-order valence-electron chi connectivity index (χ2n) is 6.25. The summed E-state index contributed by atoms with van der Waals surface area (Å²) in [6.07, 6.45) is 2.76. The van der Waals surface area contributed by atoms with Crippen LogP contribution in [-0.2, 0) is 16.4 Å². The van der Waals surface area contributed by atoms with Crippen LogP contribution in [0.25, 0.3) is 0 Å². The van der Waals surface area contributed by atoms with Crippen LogP contribution in [0.2, 0.25) is 0 Å². The SMILES string of the molecule is CC1(O)CCCN(S(=O)(=O)c2ccc3c(c2)NCC3)CC1. The summed E-state index contributed by atoms with van der Waals surface area (Å²) in [6.45, 7) is 3.50. The van der Waals surface area contributed by atoms with Crippen molar-refractivity contribution in [2.24, 2.45) is 0 Å². The normalized spacial score (nSPS) is 27.0. The Morgan fingerprint density at radius 1 is 1.29 bits per heavy atom. The molecule has 0 spiro atoms. The maximum Gasteiger partial charge on any atom is 0.243 e. The lowest BCUT2D eigenvalue weighted by Gasteiger charge is -2.22. The summed E-state index contributed by atoms with van der Waals surface area (Å²) in [6, 6.07) is 5.33. The first-order valence-corrected chi connectivity index (χ1v) is 8.92. The molecule has 21 heavy (non-hydrogen) atoms. The molecule has 0 saturated carbocycles. The molecule has 1 unspecified atom stereocenters. The number of sulfonamides is 1. The van der Waals surface area contributed by atoms with Crippen molar-refractivity contribution in [2.75, 3.05) is 25.0 Å². The number of anilines is 1. The molecule has 3 rings (SSSR count). The Balaban J connectivity index is 1.86. The topological polar surface area (TPSA) is 69.6 Å². The molecule has 0 amide bonds. The molecule has 1 aromatic rings. The van der Waals surface area contributed by atoms with Crippen LogP contribution in [0, 0.1) is 0 Å². The summed E-state index contributed by atoms with van der Waals surface area (Å²) < 4.78 is 27.0. The van der Waals surface area contributed by atoms with Gasteiger partial charge in [0.05, 0.1) is 10.5 Å². The van der Waals surface area contributed by atoms with E-state index in [0.29, 0.717) is 37.2 Å². The molecular weight excluding hydrogens is 288 g/mol. The van der Waals surface area contributed by atoms with Crippen LogP contribution in [0.15, 0.2) is 23.1 Å². The van der Waals surface area contributed by atoms with Crippen LogP contribution in [0.5, 0.6) is 0 Å². The number of aliphatic hydroxyl groups is 1. The van der Waals surface area contributed by atoms with Crippen molar-refractivity contribution < 1.29 is 13.5 Å². The van der Waals surface area contributed by atoms with E-state index >= 15 is 0 Å². The molecule has 0 radical (unpaired) electrons. The molecule has 1 saturated heterocycles. The first-order chi connectivity index (χ1) is 9.88. The van der Waals surface area contributed by atoms with Crippen LogP contribution in [0.4, 0.5) is 5.69 Å². The molecule has 1 atom stereocenters. The van der Waals surface area contributed by atoms with Crippen molar-refractivity contribution >= 4 is 15.7 Å². The van der Waals surface area contributed by atoms with Crippen molar-refractivity contribution in [3.05, 3.63) is 23.8 Å². The summed E-state index contributed by atoms with van der Waals surface area (Å²) in [5, 5.41) is 13.3. The molecule has 2 aliphatic heterocycles. The second-order valence-corrected chi connectivity index (χ2v) is 8.19. The molecule has 116 valence electrons. The highest BCUT2D eigenvalue weighted by atomic mass is 32.2. The van der Waals surface area contributed by atoms with E-state index in [4.69, 9.17) is 0 Å². The summed E-state index contributed by atoms with van der Waals surface area (Å²) in [5.41, 5.74) is 1.34. The molecule has 1 aromatic carbocycles. The number of fused-ring (bicyclic) bond motifs is 1. The Morgan fingerprint density at radius 2 is 2.10 bits per heavy atom. The Bertz CT molecular complexity index is 640. The fraction of sp³-hybridized carbons (Fsp3) is 0.600. The van der Waals surface area contributed by atoms with Gasteiger partial charge in [0.2, 0.25) is 10.0 Å². The lowest BCUT2D eigenvalue weighted by Crippen LogP contribution is -2.33. The molecule has 2 heterocycles. The number of hydrogen-bond acceptors (Lipinski definition) is 4. The van der Waals surface area contributed by atoms with Gasteiger partial charge in [-0.2, -0.15) is 4.31 Å². The van der Waals surface area contributed by atoms with Crippen molar-refractivity contribution in [1.29, 1.82) is 0 Å². The molecule has 0 bridgehead atoms. The van der Waals surface area contributed by atoms with Crippen molar-refractivity contribution in [3.63, 3.8) is 0 Å². The van der Waals surface area contributed by atoms with Crippen LogP contribution in [-0.4, -0.2) is 43.1 Å². The Kier molecular flexibility index (Phi) is 3.71. The predicted molar refractivity (Wildman–Crippen MR) is 81.9 cm³/mol. The van der Waals surface area contributed by atoms with E-state index in [0.717, 1.165) is 18.7 Å². The number of rotatable bonds is 2. The van der Waals surface area contributed by atoms with Gasteiger partial charge in [0, 0.05) is 25.3 Å². The second kappa shape index (κ2) is 5.26. The molecule has 0 aliphatic carbocycles. The van der Waals surface area contributed by atoms with Crippen LogP contribution in [0.1, 0.15) is 31.7 Å². The van der Waals surface area contributed by atoms with Gasteiger partial charge in [-0.25, -0.2) is 8.42 Å². The van der Waals surface area contributed by atoms with E-state index in [-0.39, 0.29) is 0 Å². The standard InChI is InChI=1S/C15H22N2O3S/c1-15(18)6-2-9-17(10-7-15)21(19,20)13-4-3-12-5-8-16-14(12)11-13/h3-4,11,16,18H,2,5-10H2,1H3. The van der Waals surface area contributed by atoms with Gasteiger partial charge in [-0.15, -0.1) is 0 Å². The van der Waals surface area contributed by atoms with Crippen LogP contribution in [0.3, 0.4) is 0 Å². The third-order valence-electron chi connectivity index (χ3n) is 4.45. The Hall–Kier alpha value is -1.11. The molecule has 0 aromatic heterocycles. The minimum Gasteiger partial charge on any atom is -0.390 e. The van der Waals surface area contributed by atoms with E-state index in [1.807, 2.05) is 6.07 Å². The maximum absolute atomic E-state index is 12.8. The first kappa shape index (κ1) is 14.8. The maximum atomic E-state index is 12.8. The van der Waals surface area contributed by atoms with E-state index in [9.17, 15) is 13.5 Å². The Labute approximate surface area is 126 Å². The largest absolute Gasteiger partial charge is 0.390 e. The molecule has 6 heteroatoms. The Morgan fingerprint density at radius 3 is 2.90 bits per heavy atom. The van der Waals surface area contributed by atoms with Gasteiger partial charge in [-0.3, -0.25) is 0 Å². The highest BCUT2D eigenvalue weighted by molar-refractivity contribution is 7.89. The van der Waals surface area contributed by atoms with Crippen molar-refractivity contribution in [2.45, 2.75) is 43.1 Å². The van der Waals surface area contributed by atoms with Gasteiger partial charge < -0.3 is 10.4 Å². The first-order valence-electron chi connectivity index (χ1n) is 7.48. The number of hydrogen-bond donors (Lipinski definition) is 2. The van der Waals surface area contributed by atoms with Gasteiger partial charge in [0.1, 0.15) is 0 Å². The van der Waals surface area contributed by atoms with E-state index in [1.165, 1.54) is 9.87 Å². The lowest BCUT2D eigenvalue weighted by atomic mass is 9.98. The van der Waals surface area contributed by atoms with Gasteiger partial charge in [0.25, 0.3) is 0 Å². The van der Waals surface area contributed by atoms with Crippen molar-refractivity contribution in [3.8, 4) is 0 Å². The molecule has 2 aliphatic rings. The number of benzene rings is 1. The monoisotopic (exact) mass is 310 g/mol. The molecular formula is C15H22N2O3S. The zero-order valence-corrected chi connectivity index (χ0v) is 13.1. The average molecular weight is 310 g/mol. The fourth-order valence-corrected chi connectivity index (χ4v) is 4.56. The minimum atomic E-state index is -3.47. The quantitative estimate of drug-likeness (QED) is 0.870. The van der Waals surface area contributed by atoms with E-state index in [1.54, 1.807) is 19.1 Å². The highest BCUT2D eigenvalue weighted by Gasteiger charge is 2.32. The lowest BCUT2D eigenvalue weighted by molar-refractivity contribution is 0.0465. The third kappa shape index (κ3) is 2.93. The smallest absolute Gasteiger partial charge is 0.243 e. The molecule has 2 N–H and O–H groups in total. The number of nitrogens with one attached hydrogen (secondary N) is 1. The van der Waals surface area contributed by atoms with Gasteiger partial charge in [-0.05, 0) is 50.3 Å². The average Bonchev–Trinajstić information content (AvgIpc) is 2.81. The summed E-state index contributed by atoms with van der Waals surface area (Å²) in [7, 11) is -3.47. The number of nitrogens with zero attached hydrogens (tertiary/aromatic N) is 1. The zero-order chi connectivity index (χ0) is 15.1. The predicted octanol–water partition coefficient (Wildman–Crippen LogP) is 1.58. The van der Waals surface area contributed by atoms with E-state index in [2.05, 4.69) is 5.32 Å². The molecule has 1 fully saturated rings. The zero-order valence-electron chi connectivity index (χ0n) is 12.3. The summed E-state index contributed by atoms with van der Waals surface area (Å²) in [4.78, 5) is 0.345. The van der Waals surface area contributed by atoms with E-state index < -0.39 is 15.6 Å². The van der Waals surface area contributed by atoms with Crippen molar-refractivity contribution in [1.82, 2.24) is 4.31 Å². The summed E-state index contributed by atoms with van der Waals surface area (Å²) in [5.74, 6) is 0. The van der Waals surface area contributed by atoms with Gasteiger partial charge in [-0.1, -0.05) is 6.07 Å².